The molecule has 0 unspecified atom stereocenters. The van der Waals surface area contributed by atoms with E-state index >= 15 is 0 Å². The molecule has 0 spiro atoms. The Labute approximate surface area is 145 Å². The summed E-state index contributed by atoms with van der Waals surface area (Å²) < 4.78 is 5.53. The fraction of sp³-hybridized carbons (Fsp3) is 0.333. The summed E-state index contributed by atoms with van der Waals surface area (Å²) in [4.78, 5) is 27.2. The van der Waals surface area contributed by atoms with Gasteiger partial charge < -0.3 is 10.1 Å². The van der Waals surface area contributed by atoms with Crippen LogP contribution in [0.3, 0.4) is 0 Å². The molecule has 126 valence electrons. The number of nitrogens with one attached hydrogen (secondary N) is 1. The fourth-order valence-corrected chi connectivity index (χ4v) is 3.27. The largest absolute Gasteiger partial charge is 0.494 e. The van der Waals surface area contributed by atoms with Gasteiger partial charge in [-0.05, 0) is 42.1 Å². The third kappa shape index (κ3) is 3.66. The van der Waals surface area contributed by atoms with E-state index in [9.17, 15) is 9.59 Å². The molecule has 0 saturated carbocycles. The topological polar surface area (TPSA) is 58.6 Å². The van der Waals surface area contributed by atoms with Crippen molar-refractivity contribution in [3.05, 3.63) is 46.7 Å². The van der Waals surface area contributed by atoms with Crippen LogP contribution in [0.25, 0.3) is 0 Å². The van der Waals surface area contributed by atoms with E-state index in [0.29, 0.717) is 18.8 Å². The van der Waals surface area contributed by atoms with Crippen molar-refractivity contribution < 1.29 is 14.3 Å². The summed E-state index contributed by atoms with van der Waals surface area (Å²) in [6.07, 6.45) is 1.13. The number of anilines is 1. The molecular weight excluding hydrogens is 324 g/mol. The number of rotatable bonds is 7. The molecule has 2 aromatic rings. The summed E-state index contributed by atoms with van der Waals surface area (Å²) in [5, 5.41) is 5.17. The average Bonchev–Trinajstić information content (AvgIpc) is 3.20. The van der Waals surface area contributed by atoms with Crippen molar-refractivity contribution >= 4 is 28.8 Å². The summed E-state index contributed by atoms with van der Waals surface area (Å²) in [6.45, 7) is 3.29. The first-order valence-corrected chi connectivity index (χ1v) is 8.92. The lowest BCUT2D eigenvalue weighted by molar-refractivity contribution is -0.121. The number of ether oxygens (including phenoxy) is 1. The number of hydrogen-bond donors (Lipinski definition) is 1. The molecule has 3 rings (SSSR count). The third-order valence-corrected chi connectivity index (χ3v) is 4.69. The predicted octanol–water partition coefficient (Wildman–Crippen LogP) is 2.96. The van der Waals surface area contributed by atoms with Crippen molar-refractivity contribution in [1.82, 2.24) is 5.32 Å². The van der Waals surface area contributed by atoms with Gasteiger partial charge in [0.05, 0.1) is 24.8 Å². The summed E-state index contributed by atoms with van der Waals surface area (Å²) in [5.74, 6) is 0.372. The Bertz CT molecular complexity index is 698. The summed E-state index contributed by atoms with van der Waals surface area (Å²) in [6, 6.07) is 10.6. The highest BCUT2D eigenvalue weighted by Crippen LogP contribution is 2.25. The molecule has 0 radical (unpaired) electrons. The van der Waals surface area contributed by atoms with Crippen molar-refractivity contribution in [3.8, 4) is 5.75 Å². The number of thiophene rings is 1. The summed E-state index contributed by atoms with van der Waals surface area (Å²) in [7, 11) is 0. The molecule has 5 nitrogen and oxygen atoms in total. The highest BCUT2D eigenvalue weighted by Gasteiger charge is 2.39. The number of hydrogen-bond acceptors (Lipinski definition) is 5. The molecule has 1 aliphatic rings. The van der Waals surface area contributed by atoms with E-state index in [2.05, 4.69) is 5.32 Å². The second kappa shape index (κ2) is 7.59. The number of carbonyl (C=O) groups excluding carboxylic acids is 2. The number of amides is 2. The Morgan fingerprint density at radius 1 is 1.25 bits per heavy atom. The molecule has 1 N–H and O–H groups in total. The van der Waals surface area contributed by atoms with Crippen LogP contribution in [-0.2, 0) is 16.1 Å². The van der Waals surface area contributed by atoms with Crippen LogP contribution in [0.2, 0.25) is 0 Å². The molecule has 6 heteroatoms. The molecule has 2 heterocycles. The first-order chi connectivity index (χ1) is 11.7. The van der Waals surface area contributed by atoms with Crippen LogP contribution < -0.4 is 15.0 Å². The zero-order chi connectivity index (χ0) is 16.9. The minimum atomic E-state index is -0.462. The van der Waals surface area contributed by atoms with Crippen molar-refractivity contribution in [2.24, 2.45) is 0 Å². The van der Waals surface area contributed by atoms with Gasteiger partial charge >= 0.3 is 0 Å². The number of imide groups is 1. The first kappa shape index (κ1) is 16.7. The van der Waals surface area contributed by atoms with Gasteiger partial charge in [-0.25, -0.2) is 4.90 Å². The van der Waals surface area contributed by atoms with Gasteiger partial charge in [-0.1, -0.05) is 13.0 Å². The minimum Gasteiger partial charge on any atom is -0.494 e. The van der Waals surface area contributed by atoms with Crippen LogP contribution in [0.5, 0.6) is 5.75 Å². The quantitative estimate of drug-likeness (QED) is 0.785. The lowest BCUT2D eigenvalue weighted by Crippen LogP contribution is -2.38. The zero-order valence-corrected chi connectivity index (χ0v) is 14.3. The van der Waals surface area contributed by atoms with E-state index in [1.54, 1.807) is 35.6 Å². The predicted molar refractivity (Wildman–Crippen MR) is 94.3 cm³/mol. The number of nitrogens with zero attached hydrogens (tertiary/aromatic N) is 1. The normalized spacial score (nSPS) is 17.5. The maximum absolute atomic E-state index is 12.5. The second-order valence-corrected chi connectivity index (χ2v) is 6.66. The molecular formula is C18H20N2O3S. The molecule has 1 saturated heterocycles. The molecule has 2 amide bonds. The van der Waals surface area contributed by atoms with Crippen molar-refractivity contribution in [1.29, 1.82) is 0 Å². The molecule has 1 atom stereocenters. The van der Waals surface area contributed by atoms with E-state index in [0.717, 1.165) is 17.0 Å². The first-order valence-electron chi connectivity index (χ1n) is 8.04. The summed E-state index contributed by atoms with van der Waals surface area (Å²) in [5.41, 5.74) is 0.592. The van der Waals surface area contributed by atoms with Gasteiger partial charge in [-0.2, -0.15) is 0 Å². The average molecular weight is 344 g/mol. The Balaban J connectivity index is 1.65. The lowest BCUT2D eigenvalue weighted by atomic mass is 10.2. The fourth-order valence-electron chi connectivity index (χ4n) is 2.61. The molecule has 24 heavy (non-hydrogen) atoms. The van der Waals surface area contributed by atoms with Gasteiger partial charge in [0, 0.05) is 11.4 Å². The molecule has 0 aliphatic carbocycles. The molecule has 1 aromatic carbocycles. The van der Waals surface area contributed by atoms with Crippen LogP contribution in [-0.4, -0.2) is 24.5 Å². The van der Waals surface area contributed by atoms with Crippen LogP contribution >= 0.6 is 11.3 Å². The summed E-state index contributed by atoms with van der Waals surface area (Å²) >= 11 is 1.63. The van der Waals surface area contributed by atoms with Crippen LogP contribution in [0.4, 0.5) is 5.69 Å². The minimum absolute atomic E-state index is 0.175. The van der Waals surface area contributed by atoms with Gasteiger partial charge in [-0.3, -0.25) is 9.59 Å². The van der Waals surface area contributed by atoms with Crippen LogP contribution in [0.15, 0.2) is 41.8 Å². The van der Waals surface area contributed by atoms with Crippen LogP contribution in [0.1, 0.15) is 24.6 Å². The molecule has 1 aliphatic heterocycles. The van der Waals surface area contributed by atoms with Crippen LogP contribution in [0, 0.1) is 0 Å². The Morgan fingerprint density at radius 2 is 2.04 bits per heavy atom. The number of benzene rings is 1. The number of carbonyl (C=O) groups is 2. The molecule has 1 fully saturated rings. The van der Waals surface area contributed by atoms with Crippen molar-refractivity contribution in [2.45, 2.75) is 32.4 Å². The van der Waals surface area contributed by atoms with Gasteiger partial charge in [0.15, 0.2) is 0 Å². The van der Waals surface area contributed by atoms with E-state index in [4.69, 9.17) is 4.74 Å². The van der Waals surface area contributed by atoms with E-state index in [-0.39, 0.29) is 18.2 Å². The zero-order valence-electron chi connectivity index (χ0n) is 13.5. The molecule has 1 aromatic heterocycles. The maximum atomic E-state index is 12.5. The Kier molecular flexibility index (Phi) is 5.27. The SMILES string of the molecule is CCCOc1ccc(N2C(=O)C[C@H](NCc3cccs3)C2=O)cc1. The van der Waals surface area contributed by atoms with E-state index in [1.807, 2.05) is 24.4 Å². The van der Waals surface area contributed by atoms with Crippen molar-refractivity contribution in [3.63, 3.8) is 0 Å². The second-order valence-electron chi connectivity index (χ2n) is 5.63. The Hall–Kier alpha value is -2.18. The van der Waals surface area contributed by atoms with E-state index < -0.39 is 6.04 Å². The maximum Gasteiger partial charge on any atom is 0.251 e. The smallest absolute Gasteiger partial charge is 0.251 e. The highest BCUT2D eigenvalue weighted by atomic mass is 32.1. The Morgan fingerprint density at radius 3 is 2.71 bits per heavy atom. The van der Waals surface area contributed by atoms with Gasteiger partial charge in [0.2, 0.25) is 5.91 Å². The molecule has 0 bridgehead atoms. The van der Waals surface area contributed by atoms with Gasteiger partial charge in [-0.15, -0.1) is 11.3 Å². The third-order valence-electron chi connectivity index (χ3n) is 3.82. The lowest BCUT2D eigenvalue weighted by Gasteiger charge is -2.16. The van der Waals surface area contributed by atoms with Gasteiger partial charge in [0.1, 0.15) is 5.75 Å². The monoisotopic (exact) mass is 344 g/mol. The van der Waals surface area contributed by atoms with E-state index in [1.165, 1.54) is 4.90 Å². The standard InChI is InChI=1S/C18H20N2O3S/c1-2-9-23-14-7-5-13(6-8-14)20-17(21)11-16(18(20)22)19-12-15-4-3-10-24-15/h3-8,10,16,19H,2,9,11-12H2,1H3/t16-/m0/s1. The van der Waals surface area contributed by atoms with Gasteiger partial charge in [0.25, 0.3) is 5.91 Å². The van der Waals surface area contributed by atoms with Crippen molar-refractivity contribution in [2.75, 3.05) is 11.5 Å². The highest BCUT2D eigenvalue weighted by molar-refractivity contribution is 7.09.